The van der Waals surface area contributed by atoms with Gasteiger partial charge in [-0.1, -0.05) is 19.1 Å². The Labute approximate surface area is 61.1 Å². The van der Waals surface area contributed by atoms with E-state index in [0.717, 1.165) is 5.92 Å². The van der Waals surface area contributed by atoms with E-state index in [0.29, 0.717) is 17.6 Å². The van der Waals surface area contributed by atoms with Crippen molar-refractivity contribution in [1.82, 2.24) is 0 Å². The monoisotopic (exact) mass is 136 g/mol. The summed E-state index contributed by atoms with van der Waals surface area (Å²) in [4.78, 5) is 0. The van der Waals surface area contributed by atoms with Gasteiger partial charge in [0.1, 0.15) is 0 Å². The van der Waals surface area contributed by atoms with Crippen molar-refractivity contribution >= 4 is 0 Å². The Balaban J connectivity index is 2.05. The largest absolute Gasteiger partial charge is 0.368 e. The van der Waals surface area contributed by atoms with Crippen LogP contribution in [0, 0.1) is 11.3 Å². The third-order valence-electron chi connectivity index (χ3n) is 3.46. The molecule has 0 amide bonds. The molecule has 3 rings (SSSR count). The fraction of sp³-hybridized carbons (Fsp3) is 0.778. The number of ether oxygens (including phenoxy) is 1. The van der Waals surface area contributed by atoms with Crippen LogP contribution in [0.3, 0.4) is 0 Å². The summed E-state index contributed by atoms with van der Waals surface area (Å²) in [6.45, 7) is 2.27. The highest BCUT2D eigenvalue weighted by atomic mass is 16.6. The Bertz CT molecular complexity index is 209. The molecule has 2 bridgehead atoms. The first-order valence-electron chi connectivity index (χ1n) is 4.20. The molecule has 1 saturated carbocycles. The van der Waals surface area contributed by atoms with E-state index in [1.807, 2.05) is 0 Å². The molecule has 0 aromatic heterocycles. The van der Waals surface area contributed by atoms with Gasteiger partial charge in [-0.15, -0.1) is 0 Å². The SMILES string of the molecule is CCC12C=CC(C1)C1OC12. The minimum atomic E-state index is 0.481. The molecule has 4 unspecified atom stereocenters. The minimum Gasteiger partial charge on any atom is -0.368 e. The molecule has 2 aliphatic carbocycles. The minimum absolute atomic E-state index is 0.481. The van der Waals surface area contributed by atoms with Gasteiger partial charge in [0.25, 0.3) is 0 Å². The lowest BCUT2D eigenvalue weighted by atomic mass is 9.84. The van der Waals surface area contributed by atoms with Crippen LogP contribution in [0.25, 0.3) is 0 Å². The number of hydrogen-bond acceptors (Lipinski definition) is 1. The van der Waals surface area contributed by atoms with Crippen LogP contribution in [0.4, 0.5) is 0 Å². The van der Waals surface area contributed by atoms with E-state index in [1.54, 1.807) is 0 Å². The third-order valence-corrected chi connectivity index (χ3v) is 3.46. The van der Waals surface area contributed by atoms with E-state index in [1.165, 1.54) is 12.8 Å². The Morgan fingerprint density at radius 1 is 1.70 bits per heavy atom. The van der Waals surface area contributed by atoms with Gasteiger partial charge in [0, 0.05) is 11.3 Å². The molecule has 4 atom stereocenters. The second-order valence-electron chi connectivity index (χ2n) is 3.84. The van der Waals surface area contributed by atoms with Gasteiger partial charge in [0.15, 0.2) is 0 Å². The van der Waals surface area contributed by atoms with E-state index >= 15 is 0 Å². The second kappa shape index (κ2) is 1.33. The van der Waals surface area contributed by atoms with Crippen molar-refractivity contribution in [2.45, 2.75) is 32.0 Å². The molecule has 1 saturated heterocycles. The standard InChI is InChI=1S/C9H12O/c1-2-9-4-3-6(5-9)7-8(9)10-7/h3-4,6-8H,2,5H2,1H3. The van der Waals surface area contributed by atoms with Crippen LogP contribution in [0.1, 0.15) is 19.8 Å². The first-order chi connectivity index (χ1) is 4.86. The molecular weight excluding hydrogens is 124 g/mol. The van der Waals surface area contributed by atoms with Crippen LogP contribution >= 0.6 is 0 Å². The molecule has 1 nitrogen and oxygen atoms in total. The molecule has 1 aliphatic heterocycles. The molecular formula is C9H12O. The smallest absolute Gasteiger partial charge is 0.0938 e. The average Bonchev–Trinajstić information content (AvgIpc) is 2.62. The lowest BCUT2D eigenvalue weighted by molar-refractivity contribution is 0.197. The van der Waals surface area contributed by atoms with Crippen LogP contribution in [-0.4, -0.2) is 12.2 Å². The van der Waals surface area contributed by atoms with Crippen LogP contribution < -0.4 is 0 Å². The van der Waals surface area contributed by atoms with Crippen molar-refractivity contribution in [3.63, 3.8) is 0 Å². The van der Waals surface area contributed by atoms with E-state index < -0.39 is 0 Å². The van der Waals surface area contributed by atoms with E-state index in [4.69, 9.17) is 4.74 Å². The average molecular weight is 136 g/mol. The summed E-state index contributed by atoms with van der Waals surface area (Å²) in [6, 6.07) is 0. The van der Waals surface area contributed by atoms with Gasteiger partial charge in [-0.3, -0.25) is 0 Å². The normalized spacial score (nSPS) is 61.1. The Morgan fingerprint density at radius 2 is 2.60 bits per heavy atom. The maximum atomic E-state index is 5.57. The predicted octanol–water partition coefficient (Wildman–Crippen LogP) is 1.74. The van der Waals surface area contributed by atoms with Crippen molar-refractivity contribution in [2.75, 3.05) is 0 Å². The van der Waals surface area contributed by atoms with Gasteiger partial charge in [-0.05, 0) is 12.8 Å². The number of fused-ring (bicyclic) bond motifs is 5. The molecule has 0 aromatic carbocycles. The zero-order chi connectivity index (χ0) is 6.77. The van der Waals surface area contributed by atoms with Crippen molar-refractivity contribution in [2.24, 2.45) is 11.3 Å². The Hall–Kier alpha value is -0.300. The van der Waals surface area contributed by atoms with Crippen LogP contribution in [0.15, 0.2) is 12.2 Å². The fourth-order valence-electron chi connectivity index (χ4n) is 2.70. The Kier molecular flexibility index (Phi) is 0.713. The van der Waals surface area contributed by atoms with Gasteiger partial charge in [0.2, 0.25) is 0 Å². The molecule has 3 aliphatic rings. The highest BCUT2D eigenvalue weighted by molar-refractivity contribution is 5.28. The predicted molar refractivity (Wildman–Crippen MR) is 38.6 cm³/mol. The van der Waals surface area contributed by atoms with Crippen molar-refractivity contribution in [1.29, 1.82) is 0 Å². The molecule has 54 valence electrons. The van der Waals surface area contributed by atoms with Crippen LogP contribution in [-0.2, 0) is 4.74 Å². The van der Waals surface area contributed by atoms with Gasteiger partial charge in [-0.25, -0.2) is 0 Å². The number of epoxide rings is 1. The summed E-state index contributed by atoms with van der Waals surface area (Å²) in [5, 5.41) is 0. The van der Waals surface area contributed by atoms with Gasteiger partial charge in [0.05, 0.1) is 12.2 Å². The highest BCUT2D eigenvalue weighted by Crippen LogP contribution is 2.61. The topological polar surface area (TPSA) is 12.5 Å². The summed E-state index contributed by atoms with van der Waals surface area (Å²) >= 11 is 0. The maximum Gasteiger partial charge on any atom is 0.0938 e. The van der Waals surface area contributed by atoms with Gasteiger partial charge < -0.3 is 4.74 Å². The van der Waals surface area contributed by atoms with Crippen LogP contribution in [0.5, 0.6) is 0 Å². The van der Waals surface area contributed by atoms with Gasteiger partial charge in [-0.2, -0.15) is 0 Å². The summed E-state index contributed by atoms with van der Waals surface area (Å²) < 4.78 is 5.57. The molecule has 1 heterocycles. The van der Waals surface area contributed by atoms with Crippen molar-refractivity contribution in [3.8, 4) is 0 Å². The quantitative estimate of drug-likeness (QED) is 0.395. The summed E-state index contributed by atoms with van der Waals surface area (Å²) in [5.74, 6) is 0.782. The maximum absolute atomic E-state index is 5.57. The van der Waals surface area contributed by atoms with E-state index in [-0.39, 0.29) is 0 Å². The van der Waals surface area contributed by atoms with E-state index in [9.17, 15) is 0 Å². The molecule has 1 heteroatoms. The number of hydrogen-bond donors (Lipinski definition) is 0. The van der Waals surface area contributed by atoms with E-state index in [2.05, 4.69) is 19.1 Å². The van der Waals surface area contributed by atoms with Gasteiger partial charge >= 0.3 is 0 Å². The lowest BCUT2D eigenvalue weighted by Gasteiger charge is -2.20. The lowest BCUT2D eigenvalue weighted by Crippen LogP contribution is -2.18. The first kappa shape index (κ1) is 5.36. The summed E-state index contributed by atoms with van der Waals surface area (Å²) in [5.41, 5.74) is 0.481. The van der Waals surface area contributed by atoms with Crippen molar-refractivity contribution < 1.29 is 4.74 Å². The zero-order valence-electron chi connectivity index (χ0n) is 6.21. The molecule has 0 spiro atoms. The molecule has 2 fully saturated rings. The zero-order valence-corrected chi connectivity index (χ0v) is 6.21. The molecule has 0 radical (unpaired) electrons. The fourth-order valence-corrected chi connectivity index (χ4v) is 2.70. The van der Waals surface area contributed by atoms with Crippen LogP contribution in [0.2, 0.25) is 0 Å². The third kappa shape index (κ3) is 0.392. The molecule has 10 heavy (non-hydrogen) atoms. The number of rotatable bonds is 1. The highest BCUT2D eigenvalue weighted by Gasteiger charge is 2.64. The summed E-state index contributed by atoms with van der Waals surface area (Å²) in [7, 11) is 0. The first-order valence-corrected chi connectivity index (χ1v) is 4.20. The summed E-state index contributed by atoms with van der Waals surface area (Å²) in [6.07, 6.45) is 8.64. The molecule has 0 N–H and O–H groups in total. The van der Waals surface area contributed by atoms with Crippen molar-refractivity contribution in [3.05, 3.63) is 12.2 Å². The Morgan fingerprint density at radius 3 is 3.10 bits per heavy atom. The molecule has 0 aromatic rings. The second-order valence-corrected chi connectivity index (χ2v) is 3.84.